The Morgan fingerprint density at radius 2 is 2.07 bits per heavy atom. The molecule has 1 atom stereocenters. The van der Waals surface area contributed by atoms with Gasteiger partial charge in [0, 0.05) is 10.0 Å². The zero-order valence-electron chi connectivity index (χ0n) is 8.42. The molecule has 1 unspecified atom stereocenters. The van der Waals surface area contributed by atoms with Gasteiger partial charge in [0.1, 0.15) is 0 Å². The molecule has 0 bridgehead atoms. The minimum Gasteiger partial charge on any atom is -0.393 e. The molecule has 82 valence electrons. The Balaban J connectivity index is 1.92. The lowest BCUT2D eigenvalue weighted by Gasteiger charge is -2.09. The van der Waals surface area contributed by atoms with E-state index in [9.17, 15) is 5.11 Å². The van der Waals surface area contributed by atoms with Crippen LogP contribution in [0.25, 0.3) is 0 Å². The smallest absolute Gasteiger partial charge is 0.0571 e. The molecule has 2 rings (SSSR count). The van der Waals surface area contributed by atoms with Crippen molar-refractivity contribution in [3.8, 4) is 0 Å². The van der Waals surface area contributed by atoms with Crippen molar-refractivity contribution in [1.82, 2.24) is 0 Å². The molecule has 0 spiro atoms. The Hall–Kier alpha value is -0.240. The molecule has 0 aliphatic heterocycles. The standard InChI is InChI=1S/C12H14Cl2O/c13-10-5-3-8(11(14)7-10)4-6-12(15)9-1-2-9/h3,5,7,9,12,15H,1-2,4,6H2. The van der Waals surface area contributed by atoms with Crippen molar-refractivity contribution in [1.29, 1.82) is 0 Å². The van der Waals surface area contributed by atoms with Gasteiger partial charge in [-0.05, 0) is 49.3 Å². The van der Waals surface area contributed by atoms with Crippen molar-refractivity contribution in [3.05, 3.63) is 33.8 Å². The number of aliphatic hydroxyl groups excluding tert-OH is 1. The van der Waals surface area contributed by atoms with Crippen molar-refractivity contribution in [2.75, 3.05) is 0 Å². The number of rotatable bonds is 4. The van der Waals surface area contributed by atoms with Gasteiger partial charge < -0.3 is 5.11 Å². The largest absolute Gasteiger partial charge is 0.393 e. The predicted octanol–water partition coefficient (Wildman–Crippen LogP) is 3.70. The van der Waals surface area contributed by atoms with Crippen molar-refractivity contribution in [3.63, 3.8) is 0 Å². The first-order chi connectivity index (χ1) is 7.16. The van der Waals surface area contributed by atoms with Crippen molar-refractivity contribution >= 4 is 23.2 Å². The van der Waals surface area contributed by atoms with E-state index in [0.29, 0.717) is 16.0 Å². The van der Waals surface area contributed by atoms with Crippen molar-refractivity contribution in [2.45, 2.75) is 31.8 Å². The maximum Gasteiger partial charge on any atom is 0.0571 e. The van der Waals surface area contributed by atoms with Gasteiger partial charge in [0.05, 0.1) is 6.10 Å². The fourth-order valence-corrected chi connectivity index (χ4v) is 2.25. The lowest BCUT2D eigenvalue weighted by Crippen LogP contribution is -2.10. The van der Waals surface area contributed by atoms with E-state index >= 15 is 0 Å². The van der Waals surface area contributed by atoms with Crippen LogP contribution in [0.3, 0.4) is 0 Å². The van der Waals surface area contributed by atoms with Crippen LogP contribution in [-0.4, -0.2) is 11.2 Å². The third-order valence-corrected chi connectivity index (χ3v) is 3.48. The molecule has 1 aliphatic rings. The molecule has 0 heterocycles. The molecule has 0 radical (unpaired) electrons. The SMILES string of the molecule is OC(CCc1ccc(Cl)cc1Cl)C1CC1. The van der Waals surface area contributed by atoms with Crippen LogP contribution in [0.2, 0.25) is 10.0 Å². The minimum atomic E-state index is -0.156. The normalized spacial score (nSPS) is 17.8. The van der Waals surface area contributed by atoms with E-state index in [1.54, 1.807) is 6.07 Å². The second-order valence-corrected chi connectivity index (χ2v) is 5.02. The number of halogens is 2. The third-order valence-electron chi connectivity index (χ3n) is 2.89. The molecular formula is C12H14Cl2O. The molecule has 1 aromatic carbocycles. The van der Waals surface area contributed by atoms with Crippen LogP contribution in [0.5, 0.6) is 0 Å². The predicted molar refractivity (Wildman–Crippen MR) is 63.5 cm³/mol. The van der Waals surface area contributed by atoms with E-state index in [0.717, 1.165) is 18.4 Å². The van der Waals surface area contributed by atoms with Gasteiger partial charge in [-0.25, -0.2) is 0 Å². The second-order valence-electron chi connectivity index (χ2n) is 4.18. The molecule has 15 heavy (non-hydrogen) atoms. The van der Waals surface area contributed by atoms with E-state index in [-0.39, 0.29) is 6.10 Å². The van der Waals surface area contributed by atoms with Crippen LogP contribution in [0.15, 0.2) is 18.2 Å². The van der Waals surface area contributed by atoms with Gasteiger partial charge in [0.15, 0.2) is 0 Å². The lowest BCUT2D eigenvalue weighted by molar-refractivity contribution is 0.142. The summed E-state index contributed by atoms with van der Waals surface area (Å²) in [6, 6.07) is 5.53. The highest BCUT2D eigenvalue weighted by molar-refractivity contribution is 6.35. The second kappa shape index (κ2) is 4.73. The number of aliphatic hydroxyl groups is 1. The first-order valence-corrected chi connectivity index (χ1v) is 6.04. The van der Waals surface area contributed by atoms with Crippen LogP contribution >= 0.6 is 23.2 Å². The topological polar surface area (TPSA) is 20.2 Å². The average Bonchev–Trinajstić information content (AvgIpc) is 2.99. The van der Waals surface area contributed by atoms with Gasteiger partial charge in [-0.2, -0.15) is 0 Å². The summed E-state index contributed by atoms with van der Waals surface area (Å²) in [5.41, 5.74) is 1.07. The maximum absolute atomic E-state index is 9.73. The summed E-state index contributed by atoms with van der Waals surface area (Å²) in [6.45, 7) is 0. The van der Waals surface area contributed by atoms with E-state index in [1.165, 1.54) is 12.8 Å². The third kappa shape index (κ3) is 3.10. The summed E-state index contributed by atoms with van der Waals surface area (Å²) < 4.78 is 0. The maximum atomic E-state index is 9.73. The van der Waals surface area contributed by atoms with Crippen molar-refractivity contribution < 1.29 is 5.11 Å². The van der Waals surface area contributed by atoms with Gasteiger partial charge >= 0.3 is 0 Å². The van der Waals surface area contributed by atoms with Crippen LogP contribution < -0.4 is 0 Å². The number of hydrogen-bond acceptors (Lipinski definition) is 1. The highest BCUT2D eigenvalue weighted by atomic mass is 35.5. The number of benzene rings is 1. The molecule has 3 heteroatoms. The van der Waals surface area contributed by atoms with Crippen LogP contribution in [0.4, 0.5) is 0 Å². The van der Waals surface area contributed by atoms with Crippen LogP contribution in [-0.2, 0) is 6.42 Å². The Labute approximate surface area is 100 Å². The summed E-state index contributed by atoms with van der Waals surface area (Å²) in [7, 11) is 0. The Morgan fingerprint density at radius 1 is 1.33 bits per heavy atom. The fraction of sp³-hybridized carbons (Fsp3) is 0.500. The Kier molecular flexibility index (Phi) is 3.55. The monoisotopic (exact) mass is 244 g/mol. The number of hydrogen-bond donors (Lipinski definition) is 1. The summed E-state index contributed by atoms with van der Waals surface area (Å²) in [5.74, 6) is 0.538. The highest BCUT2D eigenvalue weighted by Gasteiger charge is 2.29. The number of aryl methyl sites for hydroxylation is 1. The Bertz CT molecular complexity index is 347. The molecule has 1 fully saturated rings. The minimum absolute atomic E-state index is 0.156. The molecule has 1 aromatic rings. The van der Waals surface area contributed by atoms with Crippen LogP contribution in [0.1, 0.15) is 24.8 Å². The van der Waals surface area contributed by atoms with Gasteiger partial charge in [0.25, 0.3) is 0 Å². The zero-order chi connectivity index (χ0) is 10.8. The van der Waals surface area contributed by atoms with Gasteiger partial charge in [-0.1, -0.05) is 29.3 Å². The van der Waals surface area contributed by atoms with Gasteiger partial charge in [-0.3, -0.25) is 0 Å². The molecule has 1 nitrogen and oxygen atoms in total. The zero-order valence-corrected chi connectivity index (χ0v) is 9.93. The molecule has 1 N–H and O–H groups in total. The Morgan fingerprint density at radius 3 is 2.67 bits per heavy atom. The molecule has 0 amide bonds. The summed E-state index contributed by atoms with van der Waals surface area (Å²) in [4.78, 5) is 0. The lowest BCUT2D eigenvalue weighted by atomic mass is 10.0. The highest BCUT2D eigenvalue weighted by Crippen LogP contribution is 2.34. The summed E-state index contributed by atoms with van der Waals surface area (Å²) in [5, 5.41) is 11.1. The van der Waals surface area contributed by atoms with E-state index in [1.807, 2.05) is 12.1 Å². The summed E-state index contributed by atoms with van der Waals surface area (Å²) >= 11 is 11.8. The quantitative estimate of drug-likeness (QED) is 0.857. The van der Waals surface area contributed by atoms with Gasteiger partial charge in [0.2, 0.25) is 0 Å². The molecular weight excluding hydrogens is 231 g/mol. The molecule has 1 aliphatic carbocycles. The van der Waals surface area contributed by atoms with Gasteiger partial charge in [-0.15, -0.1) is 0 Å². The van der Waals surface area contributed by atoms with E-state index < -0.39 is 0 Å². The van der Waals surface area contributed by atoms with E-state index in [4.69, 9.17) is 23.2 Å². The summed E-state index contributed by atoms with van der Waals surface area (Å²) in [6.07, 6.45) is 3.82. The van der Waals surface area contributed by atoms with Crippen molar-refractivity contribution in [2.24, 2.45) is 5.92 Å². The average molecular weight is 245 g/mol. The first kappa shape index (κ1) is 11.3. The molecule has 1 saturated carbocycles. The molecule has 0 saturated heterocycles. The van der Waals surface area contributed by atoms with Crippen LogP contribution in [0, 0.1) is 5.92 Å². The molecule has 0 aromatic heterocycles. The fourth-order valence-electron chi connectivity index (χ4n) is 1.74. The van der Waals surface area contributed by atoms with E-state index in [2.05, 4.69) is 0 Å². The first-order valence-electron chi connectivity index (χ1n) is 5.29.